The van der Waals surface area contributed by atoms with Crippen LogP contribution in [0.5, 0.6) is 0 Å². The van der Waals surface area contributed by atoms with Gasteiger partial charge in [0, 0.05) is 32.1 Å². The molecule has 0 spiro atoms. The van der Waals surface area contributed by atoms with E-state index in [1.165, 1.54) is 20.8 Å². The highest BCUT2D eigenvalue weighted by atomic mass is 16.6. The molecule has 0 radical (unpaired) electrons. The topological polar surface area (TPSA) is 231 Å². The molecule has 16 nitrogen and oxygen atoms in total. The molecule has 16 heteroatoms. The second-order valence-corrected chi connectivity index (χ2v) is 19.2. The molecule has 4 N–H and O–H groups in total. The number of aliphatic hydroxyl groups is 3. The van der Waals surface area contributed by atoms with Gasteiger partial charge in [-0.25, -0.2) is 9.59 Å². The van der Waals surface area contributed by atoms with Crippen LogP contribution in [0.3, 0.4) is 0 Å². The fraction of sp³-hybridized carbons (Fsp3) is 0.762. The predicted octanol–water partition coefficient (Wildman–Crippen LogP) is 3.30. The van der Waals surface area contributed by atoms with Crippen molar-refractivity contribution in [3.63, 3.8) is 0 Å². The van der Waals surface area contributed by atoms with Crippen LogP contribution >= 0.6 is 0 Å². The fourth-order valence-corrected chi connectivity index (χ4v) is 9.86. The van der Waals surface area contributed by atoms with Gasteiger partial charge in [0.15, 0.2) is 23.6 Å². The quantitative estimate of drug-likeness (QED) is 0.182. The lowest BCUT2D eigenvalue weighted by Crippen LogP contribution is -2.82. The summed E-state index contributed by atoms with van der Waals surface area (Å²) in [6.45, 7) is 16.8. The van der Waals surface area contributed by atoms with Gasteiger partial charge in [-0.05, 0) is 70.4 Å². The Bertz CT molecular complexity index is 1760. The Hall–Kier alpha value is -3.86. The van der Waals surface area contributed by atoms with Gasteiger partial charge in [0.25, 0.3) is 0 Å². The maximum Gasteiger partial charge on any atom is 0.407 e. The monoisotopic (exact) mass is 819 g/mol. The minimum absolute atomic E-state index is 0.0190. The molecule has 3 fully saturated rings. The van der Waals surface area contributed by atoms with Gasteiger partial charge >= 0.3 is 30.0 Å². The van der Waals surface area contributed by atoms with Crippen LogP contribution in [0.4, 0.5) is 4.79 Å². The zero-order valence-corrected chi connectivity index (χ0v) is 35.5. The fourth-order valence-electron chi connectivity index (χ4n) is 9.86. The lowest BCUT2D eigenvalue weighted by atomic mass is 9.44. The van der Waals surface area contributed by atoms with Gasteiger partial charge in [0.2, 0.25) is 0 Å². The second-order valence-electron chi connectivity index (χ2n) is 19.2. The summed E-state index contributed by atoms with van der Waals surface area (Å²) in [5, 5.41) is 39.7. The maximum absolute atomic E-state index is 15.4. The van der Waals surface area contributed by atoms with Gasteiger partial charge in [0.1, 0.15) is 29.5 Å². The summed E-state index contributed by atoms with van der Waals surface area (Å²) in [6, 6.07) is -1.24. The van der Waals surface area contributed by atoms with E-state index in [0.717, 1.165) is 6.92 Å². The zero-order valence-electron chi connectivity index (χ0n) is 35.5. The number of fused-ring (bicyclic) bond motifs is 6. The molecule has 0 aromatic heterocycles. The normalized spacial score (nSPS) is 38.9. The van der Waals surface area contributed by atoms with E-state index >= 15 is 4.79 Å². The molecule has 5 aliphatic rings. The molecule has 2 aliphatic heterocycles. The van der Waals surface area contributed by atoms with Crippen LogP contribution < -0.4 is 5.32 Å². The number of allylic oxidation sites excluding steroid dienone is 1. The molecule has 324 valence electrons. The van der Waals surface area contributed by atoms with E-state index in [4.69, 9.17) is 28.4 Å². The Morgan fingerprint density at radius 3 is 2.19 bits per heavy atom. The summed E-state index contributed by atoms with van der Waals surface area (Å²) in [5.41, 5.74) is -9.03. The molecule has 1 saturated heterocycles. The predicted molar refractivity (Wildman–Crippen MR) is 203 cm³/mol. The Morgan fingerprint density at radius 1 is 0.966 bits per heavy atom. The van der Waals surface area contributed by atoms with Crippen molar-refractivity contribution in [2.75, 3.05) is 6.61 Å². The number of rotatable bonds is 3. The van der Waals surface area contributed by atoms with E-state index < -0.39 is 124 Å². The molecule has 3 bridgehead atoms. The summed E-state index contributed by atoms with van der Waals surface area (Å²) in [6.07, 6.45) is -6.82. The number of alkyl carbamates (subject to hydrolysis) is 1. The van der Waals surface area contributed by atoms with Crippen molar-refractivity contribution in [2.24, 2.45) is 22.2 Å². The first-order valence-electron chi connectivity index (χ1n) is 20.0. The minimum Gasteiger partial charge on any atom is -0.459 e. The van der Waals surface area contributed by atoms with E-state index in [1.54, 1.807) is 46.8 Å². The maximum atomic E-state index is 15.4. The third-order valence-corrected chi connectivity index (χ3v) is 12.9. The lowest BCUT2D eigenvalue weighted by molar-refractivity contribution is -0.347. The van der Waals surface area contributed by atoms with Crippen LogP contribution in [0.15, 0.2) is 23.3 Å². The van der Waals surface area contributed by atoms with Crippen LogP contribution in [-0.2, 0) is 52.4 Å². The summed E-state index contributed by atoms with van der Waals surface area (Å²) >= 11 is 0. The van der Waals surface area contributed by atoms with Crippen molar-refractivity contribution in [2.45, 2.75) is 174 Å². The smallest absolute Gasteiger partial charge is 0.407 e. The van der Waals surface area contributed by atoms with Crippen LogP contribution in [0.1, 0.15) is 115 Å². The highest BCUT2D eigenvalue weighted by Crippen LogP contribution is 2.64. The van der Waals surface area contributed by atoms with Crippen LogP contribution in [0.2, 0.25) is 0 Å². The first-order valence-corrected chi connectivity index (χ1v) is 20.0. The lowest BCUT2D eigenvalue weighted by Gasteiger charge is -2.67. The highest BCUT2D eigenvalue weighted by Gasteiger charge is 2.78. The molecule has 3 aliphatic carbocycles. The molecule has 2 saturated carbocycles. The molecule has 1 amide bonds. The van der Waals surface area contributed by atoms with Gasteiger partial charge in [-0.2, -0.15) is 0 Å². The summed E-state index contributed by atoms with van der Waals surface area (Å²) in [5.74, 6) is -5.92. The number of nitrogens with one attached hydrogen (secondary N) is 1. The number of Topliss-reactive ketones (excluding diaryl/α,β-unsaturated/α-hetero) is 1. The van der Waals surface area contributed by atoms with E-state index in [2.05, 4.69) is 5.32 Å². The number of hydrogen-bond donors (Lipinski definition) is 4. The molecule has 11 atom stereocenters. The van der Waals surface area contributed by atoms with Crippen LogP contribution in [-0.4, -0.2) is 117 Å². The SMILES string of the molecule is CC(=O)OC1C(=O)C2(C)C(O)CC3OCC3(OC(C)=O)C2C2OC(=O)CC(C)(C)CCC=CCC(NC(=O)OC(C)(C)C)C(O)C(=O)OC3CC2(O)C(C)(C)C1=C3C. The summed E-state index contributed by atoms with van der Waals surface area (Å²) in [4.78, 5) is 82.5. The molecule has 5 rings (SSSR count). The molecule has 58 heavy (non-hydrogen) atoms. The first-order chi connectivity index (χ1) is 26.6. The zero-order chi connectivity index (χ0) is 43.6. The number of ether oxygens (including phenoxy) is 6. The number of amides is 1. The third kappa shape index (κ3) is 8.05. The van der Waals surface area contributed by atoms with E-state index in [0.29, 0.717) is 12.8 Å². The van der Waals surface area contributed by atoms with E-state index in [1.807, 2.05) is 13.8 Å². The largest absolute Gasteiger partial charge is 0.459 e. The van der Waals surface area contributed by atoms with Crippen molar-refractivity contribution in [3.05, 3.63) is 23.3 Å². The highest BCUT2D eigenvalue weighted by molar-refractivity contribution is 5.95. The number of ketones is 1. The Morgan fingerprint density at radius 2 is 1.62 bits per heavy atom. The standard InChI is InChI=1S/C42H61NO15/c1-21-25-18-42(52)34(56-28(47)19-38(7,8)16-14-12-13-15-24(30(48)35(50)55-25)43-36(51)58-37(4,5)6)32-40(11,26(46)17-27-41(32,20-53-27)57-23(3)45)33(49)31(54-22(2)44)29(21)39(42,9)10/h12-13,24-27,30-32,34,46,48,52H,14-20H2,1-11H3,(H,43,51). The Labute approximate surface area is 339 Å². The van der Waals surface area contributed by atoms with Gasteiger partial charge in [-0.1, -0.05) is 39.8 Å². The molecular formula is C42H61NO15. The van der Waals surface area contributed by atoms with Crippen molar-refractivity contribution in [3.8, 4) is 0 Å². The van der Waals surface area contributed by atoms with Crippen LogP contribution in [0.25, 0.3) is 0 Å². The Kier molecular flexibility index (Phi) is 12.2. The second kappa shape index (κ2) is 15.6. The van der Waals surface area contributed by atoms with Gasteiger partial charge in [0.05, 0.1) is 36.5 Å². The van der Waals surface area contributed by atoms with Gasteiger partial charge in [-0.3, -0.25) is 19.2 Å². The number of carbonyl (C=O) groups is 6. The van der Waals surface area contributed by atoms with Gasteiger partial charge < -0.3 is 49.1 Å². The number of esters is 4. The van der Waals surface area contributed by atoms with E-state index in [-0.39, 0.29) is 37.0 Å². The van der Waals surface area contributed by atoms with Crippen molar-refractivity contribution in [1.82, 2.24) is 5.32 Å². The number of carbonyl (C=O) groups excluding carboxylic acids is 6. The van der Waals surface area contributed by atoms with Crippen molar-refractivity contribution < 1.29 is 72.5 Å². The number of hydrogen-bond acceptors (Lipinski definition) is 15. The average Bonchev–Trinajstić information content (AvgIpc) is 3.06. The molecular weight excluding hydrogens is 758 g/mol. The molecule has 0 aromatic carbocycles. The van der Waals surface area contributed by atoms with E-state index in [9.17, 15) is 39.3 Å². The third-order valence-electron chi connectivity index (χ3n) is 12.9. The van der Waals surface area contributed by atoms with Gasteiger partial charge in [-0.15, -0.1) is 0 Å². The molecule has 11 unspecified atom stereocenters. The molecule has 2 heterocycles. The summed E-state index contributed by atoms with van der Waals surface area (Å²) in [7, 11) is 0. The van der Waals surface area contributed by atoms with Crippen LogP contribution in [0, 0.1) is 22.2 Å². The van der Waals surface area contributed by atoms with Crippen molar-refractivity contribution in [1.29, 1.82) is 0 Å². The first kappa shape index (κ1) is 45.2. The minimum atomic E-state index is -2.32. The van der Waals surface area contributed by atoms with Crippen molar-refractivity contribution >= 4 is 35.8 Å². The Balaban J connectivity index is 1.77. The number of aliphatic hydroxyl groups excluding tert-OH is 2. The molecule has 0 aromatic rings. The summed E-state index contributed by atoms with van der Waals surface area (Å²) < 4.78 is 35.6. The average molecular weight is 820 g/mol.